The van der Waals surface area contributed by atoms with Gasteiger partial charge >= 0.3 is 0 Å². The Bertz CT molecular complexity index is 1920. The fraction of sp³-hybridized carbons (Fsp3) is 0.412. The van der Waals surface area contributed by atoms with E-state index >= 15 is 0 Å². The molecule has 4 aromatic heterocycles. The zero-order chi connectivity index (χ0) is 27.8. The van der Waals surface area contributed by atoms with E-state index in [1.54, 1.807) is 0 Å². The molecule has 0 radical (unpaired) electrons. The number of rotatable bonds is 0. The Morgan fingerprint density at radius 3 is 1.62 bits per heavy atom. The number of imidazole rings is 1. The highest BCUT2D eigenvalue weighted by Crippen LogP contribution is 2.32. The van der Waals surface area contributed by atoms with Crippen molar-refractivity contribution in [2.45, 2.75) is 97.9 Å². The molecule has 0 amide bonds. The van der Waals surface area contributed by atoms with E-state index in [1.165, 1.54) is 61.1 Å². The predicted molar refractivity (Wildman–Crippen MR) is 171 cm³/mol. The molecule has 212 valence electrons. The van der Waals surface area contributed by atoms with Gasteiger partial charge in [0.25, 0.3) is 0 Å². The quantitative estimate of drug-likeness (QED) is 0.194. The van der Waals surface area contributed by atoms with Crippen LogP contribution in [0.25, 0.3) is 33.4 Å². The van der Waals surface area contributed by atoms with Crippen LogP contribution in [0.2, 0.25) is 0 Å². The summed E-state index contributed by atoms with van der Waals surface area (Å²) in [6.07, 6.45) is 0. The van der Waals surface area contributed by atoms with Crippen LogP contribution in [0.5, 0.6) is 0 Å². The van der Waals surface area contributed by atoms with Crippen molar-refractivity contribution in [1.29, 1.82) is 0 Å². The summed E-state index contributed by atoms with van der Waals surface area (Å²) in [5.41, 5.74) is 19.2. The zero-order valence-corrected chi connectivity index (χ0v) is 24.8. The second-order valence-corrected chi connectivity index (χ2v) is 11.0. The Morgan fingerprint density at radius 1 is 0.500 bits per heavy atom. The van der Waals surface area contributed by atoms with E-state index < -0.39 is 0 Å². The van der Waals surface area contributed by atoms with Crippen LogP contribution in [0.4, 0.5) is 0 Å². The minimum Gasteiger partial charge on any atom is -0.281 e. The van der Waals surface area contributed by atoms with Gasteiger partial charge < -0.3 is 0 Å². The van der Waals surface area contributed by atoms with E-state index in [2.05, 4.69) is 90.8 Å². The molecule has 4 heterocycles. The molecule has 6 aromatic rings. The molecule has 0 N–H and O–H groups in total. The van der Waals surface area contributed by atoms with Gasteiger partial charge in [0.1, 0.15) is 0 Å². The molecule has 0 spiro atoms. The van der Waals surface area contributed by atoms with E-state index in [4.69, 9.17) is 15.1 Å². The van der Waals surface area contributed by atoms with Crippen molar-refractivity contribution in [1.82, 2.24) is 29.0 Å². The molecule has 0 saturated heterocycles. The third kappa shape index (κ3) is 4.43. The lowest BCUT2D eigenvalue weighted by atomic mass is 9.95. The lowest BCUT2D eigenvalue weighted by Crippen LogP contribution is -1.99. The van der Waals surface area contributed by atoms with Crippen LogP contribution in [0.3, 0.4) is 0 Å². The van der Waals surface area contributed by atoms with Crippen molar-refractivity contribution in [3.63, 3.8) is 0 Å². The molecule has 0 fully saturated rings. The van der Waals surface area contributed by atoms with Gasteiger partial charge in [-0.15, -0.1) is 0 Å². The van der Waals surface area contributed by atoms with Crippen molar-refractivity contribution < 1.29 is 0 Å². The fourth-order valence-corrected chi connectivity index (χ4v) is 5.76. The average Bonchev–Trinajstić information content (AvgIpc) is 3.44. The first kappa shape index (κ1) is 30.7. The molecule has 0 saturated carbocycles. The summed E-state index contributed by atoms with van der Waals surface area (Å²) in [7, 11) is 0. The summed E-state index contributed by atoms with van der Waals surface area (Å²) in [4.78, 5) is 14.0. The minimum atomic E-state index is 0. The largest absolute Gasteiger partial charge is 0.281 e. The van der Waals surface area contributed by atoms with Crippen LogP contribution >= 0.6 is 0 Å². The number of benzene rings is 2. The monoisotopic (exact) mass is 538 g/mol. The van der Waals surface area contributed by atoms with Crippen LogP contribution in [0.15, 0.2) is 12.1 Å². The van der Waals surface area contributed by atoms with Crippen LogP contribution in [0.1, 0.15) is 82.1 Å². The summed E-state index contributed by atoms with van der Waals surface area (Å²) in [6.45, 7) is 25.6. The normalized spacial score (nSPS) is 11.1. The second-order valence-electron chi connectivity index (χ2n) is 11.0. The van der Waals surface area contributed by atoms with Gasteiger partial charge in [-0.25, -0.2) is 19.5 Å². The lowest BCUT2D eigenvalue weighted by molar-refractivity contribution is 0.897. The summed E-state index contributed by atoms with van der Waals surface area (Å²) < 4.78 is 4.15. The molecule has 6 rings (SSSR count). The highest BCUT2D eigenvalue weighted by Gasteiger charge is 2.18. The predicted octanol–water partition coefficient (Wildman–Crippen LogP) is 8.74. The Labute approximate surface area is 239 Å². The second kappa shape index (κ2) is 10.6. The van der Waals surface area contributed by atoms with Crippen molar-refractivity contribution >= 4 is 33.4 Å². The van der Waals surface area contributed by atoms with Crippen molar-refractivity contribution in [3.05, 3.63) is 79.4 Å². The van der Waals surface area contributed by atoms with Gasteiger partial charge in [-0.3, -0.25) is 4.40 Å². The molecule has 2 aromatic carbocycles. The molecular weight excluding hydrogens is 492 g/mol. The van der Waals surface area contributed by atoms with Crippen LogP contribution in [-0.4, -0.2) is 29.0 Å². The summed E-state index contributed by atoms with van der Waals surface area (Å²) >= 11 is 0. The first-order valence-electron chi connectivity index (χ1n) is 13.3. The van der Waals surface area contributed by atoms with Crippen molar-refractivity contribution in [3.8, 4) is 0 Å². The van der Waals surface area contributed by atoms with Crippen molar-refractivity contribution in [2.75, 3.05) is 0 Å². The average molecular weight is 539 g/mol. The number of hydrogen-bond acceptors (Lipinski definition) is 4. The standard InChI is InChI=1S/2C16H19N3.2CH4/c1-8-7-9(2)19-15-13(6)11(4)10(3)12(5)14(15)18-16(19)17-8;1-8-7-9(2)19-16(17-8)14-12(5)10(3)11(4)13(6)15(14)18-19;;/h2*7H,1-6H3;2*1H4. The van der Waals surface area contributed by atoms with Gasteiger partial charge in [0.15, 0.2) is 5.65 Å². The molecular formula is C34H46N6. The third-order valence-corrected chi connectivity index (χ3v) is 8.62. The maximum Gasteiger partial charge on any atom is 0.235 e. The number of hydrogen-bond donors (Lipinski definition) is 0. The number of nitrogens with zero attached hydrogens (tertiary/aromatic N) is 6. The molecule has 0 aliphatic heterocycles. The Morgan fingerprint density at radius 2 is 1.00 bits per heavy atom. The molecule has 40 heavy (non-hydrogen) atoms. The van der Waals surface area contributed by atoms with Gasteiger partial charge in [0.2, 0.25) is 5.78 Å². The minimum absolute atomic E-state index is 0. The van der Waals surface area contributed by atoms with E-state index in [-0.39, 0.29) is 14.9 Å². The van der Waals surface area contributed by atoms with E-state index in [9.17, 15) is 0 Å². The summed E-state index contributed by atoms with van der Waals surface area (Å²) in [6, 6.07) is 4.18. The molecule has 0 unspecified atom stereocenters. The maximum absolute atomic E-state index is 4.77. The van der Waals surface area contributed by atoms with Gasteiger partial charge in [-0.1, -0.05) is 14.9 Å². The van der Waals surface area contributed by atoms with Gasteiger partial charge in [0.05, 0.1) is 21.9 Å². The van der Waals surface area contributed by atoms with E-state index in [1.807, 2.05) is 18.4 Å². The number of fused-ring (bicyclic) bond motifs is 6. The van der Waals surface area contributed by atoms with Crippen LogP contribution in [-0.2, 0) is 0 Å². The van der Waals surface area contributed by atoms with E-state index in [0.717, 1.165) is 39.5 Å². The van der Waals surface area contributed by atoms with Gasteiger partial charge in [0, 0.05) is 22.8 Å². The van der Waals surface area contributed by atoms with Gasteiger partial charge in [-0.2, -0.15) is 5.10 Å². The Balaban J connectivity index is 0.000000210. The summed E-state index contributed by atoms with van der Waals surface area (Å²) in [5, 5.41) is 5.97. The van der Waals surface area contributed by atoms with Crippen molar-refractivity contribution in [2.24, 2.45) is 0 Å². The summed E-state index contributed by atoms with van der Waals surface area (Å²) in [5.74, 6) is 0.809. The molecule has 0 bridgehead atoms. The maximum atomic E-state index is 4.77. The highest BCUT2D eigenvalue weighted by molar-refractivity contribution is 5.98. The Kier molecular flexibility index (Phi) is 8.18. The fourth-order valence-electron chi connectivity index (χ4n) is 5.76. The first-order chi connectivity index (χ1) is 17.8. The van der Waals surface area contributed by atoms with E-state index in [0.29, 0.717) is 0 Å². The smallest absolute Gasteiger partial charge is 0.235 e. The third-order valence-electron chi connectivity index (χ3n) is 8.62. The molecule has 6 nitrogen and oxygen atoms in total. The molecule has 0 aliphatic rings. The lowest BCUT2D eigenvalue weighted by Gasteiger charge is -2.11. The SMILES string of the molecule is C.C.Cc1cc(C)n2c(n1)nc1c(C)c(C)c(C)c(C)c12.Cc1cc(C)n2nc3c(C)c(C)c(C)c(C)c3c2n1. The zero-order valence-electron chi connectivity index (χ0n) is 24.8. The Hall–Kier alpha value is -3.80. The highest BCUT2D eigenvalue weighted by atomic mass is 15.3. The number of aryl methyl sites for hydroxylation is 8. The molecule has 0 atom stereocenters. The van der Waals surface area contributed by atoms with Crippen LogP contribution in [0, 0.1) is 83.1 Å². The topological polar surface area (TPSA) is 60.4 Å². The molecule has 0 aliphatic carbocycles. The first-order valence-corrected chi connectivity index (χ1v) is 13.3. The molecule has 6 heteroatoms. The van der Waals surface area contributed by atoms with Gasteiger partial charge in [-0.05, 0) is 140 Å². The van der Waals surface area contributed by atoms with Crippen LogP contribution < -0.4 is 0 Å². The number of aromatic nitrogens is 6.